The van der Waals surface area contributed by atoms with Gasteiger partial charge in [0.2, 0.25) is 5.91 Å². The fourth-order valence-corrected chi connectivity index (χ4v) is 3.55. The van der Waals surface area contributed by atoms with Gasteiger partial charge >= 0.3 is 0 Å². The van der Waals surface area contributed by atoms with Crippen molar-refractivity contribution in [2.24, 2.45) is 0 Å². The van der Waals surface area contributed by atoms with Crippen LogP contribution in [0.4, 0.5) is 0 Å². The lowest BCUT2D eigenvalue weighted by molar-refractivity contribution is -0.124. The fourth-order valence-electron chi connectivity index (χ4n) is 2.63. The van der Waals surface area contributed by atoms with Crippen LogP contribution in [-0.2, 0) is 15.8 Å². The van der Waals surface area contributed by atoms with E-state index in [1.54, 1.807) is 6.92 Å². The van der Waals surface area contributed by atoms with E-state index in [0.717, 1.165) is 23.3 Å². The summed E-state index contributed by atoms with van der Waals surface area (Å²) in [5.41, 5.74) is -0.499. The Balaban J connectivity index is 1.68. The molecule has 1 fully saturated rings. The molecule has 0 spiro atoms. The number of rotatable bonds is 5. The number of aliphatic hydroxyl groups is 1. The molecule has 1 atom stereocenters. The van der Waals surface area contributed by atoms with Crippen molar-refractivity contribution in [2.45, 2.75) is 30.8 Å². The van der Waals surface area contributed by atoms with Crippen LogP contribution in [0.5, 0.6) is 0 Å². The molecule has 0 aliphatic heterocycles. The Morgan fingerprint density at radius 3 is 2.59 bits per heavy atom. The first-order valence-electron chi connectivity index (χ1n) is 7.25. The molecule has 1 unspecified atom stereocenters. The third kappa shape index (κ3) is 2.91. The van der Waals surface area contributed by atoms with E-state index in [-0.39, 0.29) is 12.5 Å². The molecule has 2 N–H and O–H groups in total. The third-order valence-corrected chi connectivity index (χ3v) is 5.60. The van der Waals surface area contributed by atoms with Crippen molar-refractivity contribution in [1.82, 2.24) is 5.32 Å². The molecule has 1 aliphatic carbocycles. The van der Waals surface area contributed by atoms with Crippen molar-refractivity contribution >= 4 is 28.8 Å². The van der Waals surface area contributed by atoms with E-state index in [9.17, 15) is 9.90 Å². The van der Waals surface area contributed by atoms with Crippen molar-refractivity contribution in [3.05, 3.63) is 57.2 Å². The molecule has 0 radical (unpaired) electrons. The highest BCUT2D eigenvalue weighted by atomic mass is 35.5. The molecule has 1 saturated carbocycles. The lowest BCUT2D eigenvalue weighted by Gasteiger charge is -2.24. The molecule has 3 nitrogen and oxygen atoms in total. The van der Waals surface area contributed by atoms with Gasteiger partial charge in [0, 0.05) is 9.90 Å². The number of thiophene rings is 1. The monoisotopic (exact) mass is 335 g/mol. The highest BCUT2D eigenvalue weighted by Crippen LogP contribution is 2.48. The summed E-state index contributed by atoms with van der Waals surface area (Å²) in [6.07, 6.45) is 1.67. The summed E-state index contributed by atoms with van der Waals surface area (Å²) in [5.74, 6) is -0.0216. The fraction of sp³-hybridized carbons (Fsp3) is 0.353. The third-order valence-electron chi connectivity index (χ3n) is 4.23. The minimum Gasteiger partial charge on any atom is -0.383 e. The van der Waals surface area contributed by atoms with Gasteiger partial charge in [-0.25, -0.2) is 0 Å². The van der Waals surface area contributed by atoms with Crippen LogP contribution in [0.15, 0.2) is 41.8 Å². The van der Waals surface area contributed by atoms with Crippen LogP contribution in [0.25, 0.3) is 0 Å². The quantitative estimate of drug-likeness (QED) is 0.879. The van der Waals surface area contributed by atoms with Gasteiger partial charge in [0.05, 0.1) is 12.0 Å². The van der Waals surface area contributed by atoms with Crippen LogP contribution in [0.2, 0.25) is 5.02 Å². The molecule has 0 bridgehead atoms. The normalized spacial score (nSPS) is 18.5. The van der Waals surface area contributed by atoms with Crippen molar-refractivity contribution in [2.75, 3.05) is 6.54 Å². The lowest BCUT2D eigenvalue weighted by Crippen LogP contribution is -2.42. The Morgan fingerprint density at radius 1 is 1.36 bits per heavy atom. The van der Waals surface area contributed by atoms with Gasteiger partial charge in [-0.3, -0.25) is 4.79 Å². The first-order chi connectivity index (χ1) is 10.4. The van der Waals surface area contributed by atoms with Gasteiger partial charge in [-0.05, 0) is 48.9 Å². The number of nitrogens with one attached hydrogen (secondary N) is 1. The summed E-state index contributed by atoms with van der Waals surface area (Å²) in [7, 11) is 0. The van der Waals surface area contributed by atoms with Crippen LogP contribution in [-0.4, -0.2) is 17.6 Å². The van der Waals surface area contributed by atoms with E-state index in [1.165, 1.54) is 11.3 Å². The molecule has 1 aliphatic rings. The van der Waals surface area contributed by atoms with Gasteiger partial charge in [-0.15, -0.1) is 11.3 Å². The predicted molar refractivity (Wildman–Crippen MR) is 89.3 cm³/mol. The van der Waals surface area contributed by atoms with Crippen molar-refractivity contribution < 1.29 is 9.90 Å². The first-order valence-corrected chi connectivity index (χ1v) is 8.51. The Bertz CT molecular complexity index is 660. The Hall–Kier alpha value is -1.36. The molecule has 1 heterocycles. The smallest absolute Gasteiger partial charge is 0.230 e. The number of hydrogen-bond acceptors (Lipinski definition) is 3. The molecule has 0 saturated heterocycles. The summed E-state index contributed by atoms with van der Waals surface area (Å²) >= 11 is 7.39. The maximum atomic E-state index is 12.6. The summed E-state index contributed by atoms with van der Waals surface area (Å²) in [6.45, 7) is 1.93. The summed E-state index contributed by atoms with van der Waals surface area (Å²) in [4.78, 5) is 13.4. The molecule has 3 rings (SSSR count). The van der Waals surface area contributed by atoms with Gasteiger partial charge in [-0.1, -0.05) is 29.8 Å². The van der Waals surface area contributed by atoms with E-state index in [2.05, 4.69) is 5.32 Å². The van der Waals surface area contributed by atoms with Crippen LogP contribution < -0.4 is 5.32 Å². The van der Waals surface area contributed by atoms with E-state index in [0.29, 0.717) is 5.02 Å². The Kier molecular flexibility index (Phi) is 4.02. The molecule has 22 heavy (non-hydrogen) atoms. The highest BCUT2D eigenvalue weighted by Gasteiger charge is 2.51. The molecular weight excluding hydrogens is 318 g/mol. The van der Waals surface area contributed by atoms with Gasteiger partial charge in [-0.2, -0.15) is 0 Å². The topological polar surface area (TPSA) is 49.3 Å². The van der Waals surface area contributed by atoms with Crippen LogP contribution >= 0.6 is 22.9 Å². The minimum absolute atomic E-state index is 0.0216. The molecule has 1 aromatic carbocycles. The SMILES string of the molecule is CC(O)(CNC(=O)C1(c2ccc(Cl)cc2)CC1)c1cccs1. The number of amides is 1. The van der Waals surface area contributed by atoms with Gasteiger partial charge in [0.15, 0.2) is 0 Å². The van der Waals surface area contributed by atoms with E-state index < -0.39 is 11.0 Å². The van der Waals surface area contributed by atoms with E-state index in [4.69, 9.17) is 11.6 Å². The number of benzene rings is 1. The maximum Gasteiger partial charge on any atom is 0.230 e. The second-order valence-corrected chi connectivity index (χ2v) is 7.41. The molecular formula is C17H18ClNO2S. The summed E-state index contributed by atoms with van der Waals surface area (Å²) in [6, 6.07) is 11.2. The van der Waals surface area contributed by atoms with E-state index in [1.807, 2.05) is 41.8 Å². The standard InChI is InChI=1S/C17H18ClNO2S/c1-16(21,14-3-2-10-22-14)11-19-15(20)17(8-9-17)12-4-6-13(18)7-5-12/h2-7,10,21H,8-9,11H2,1H3,(H,19,20). The van der Waals surface area contributed by atoms with Gasteiger partial charge < -0.3 is 10.4 Å². The molecule has 1 aromatic heterocycles. The molecule has 116 valence electrons. The Morgan fingerprint density at radius 2 is 2.05 bits per heavy atom. The molecule has 2 aromatic rings. The zero-order valence-electron chi connectivity index (χ0n) is 12.3. The minimum atomic E-state index is -1.04. The Labute approximate surface area is 138 Å². The number of hydrogen-bond donors (Lipinski definition) is 2. The number of carbonyl (C=O) groups excluding carboxylic acids is 1. The zero-order valence-corrected chi connectivity index (χ0v) is 13.9. The van der Waals surface area contributed by atoms with Crippen molar-refractivity contribution in [3.63, 3.8) is 0 Å². The zero-order chi connectivity index (χ0) is 15.8. The second kappa shape index (κ2) is 5.69. The highest BCUT2D eigenvalue weighted by molar-refractivity contribution is 7.10. The van der Waals surface area contributed by atoms with Crippen LogP contribution in [0, 0.1) is 0 Å². The second-order valence-electron chi connectivity index (χ2n) is 6.02. The largest absolute Gasteiger partial charge is 0.383 e. The average molecular weight is 336 g/mol. The summed E-state index contributed by atoms with van der Waals surface area (Å²) in [5, 5.41) is 16.0. The average Bonchev–Trinajstić information content (AvgIpc) is 3.10. The van der Waals surface area contributed by atoms with E-state index >= 15 is 0 Å². The molecule has 5 heteroatoms. The van der Waals surface area contributed by atoms with Gasteiger partial charge in [0.1, 0.15) is 5.60 Å². The van der Waals surface area contributed by atoms with Crippen molar-refractivity contribution in [1.29, 1.82) is 0 Å². The summed E-state index contributed by atoms with van der Waals surface area (Å²) < 4.78 is 0. The number of carbonyl (C=O) groups is 1. The first kappa shape index (κ1) is 15.5. The van der Waals surface area contributed by atoms with Crippen LogP contribution in [0.1, 0.15) is 30.2 Å². The lowest BCUT2D eigenvalue weighted by atomic mass is 9.94. The van der Waals surface area contributed by atoms with Crippen LogP contribution in [0.3, 0.4) is 0 Å². The maximum absolute atomic E-state index is 12.6. The predicted octanol–water partition coefficient (Wildman–Crippen LogP) is 3.46. The van der Waals surface area contributed by atoms with Crippen molar-refractivity contribution in [3.8, 4) is 0 Å². The number of halogens is 1. The molecule has 1 amide bonds. The van der Waals surface area contributed by atoms with Gasteiger partial charge in [0.25, 0.3) is 0 Å².